The summed E-state index contributed by atoms with van der Waals surface area (Å²) in [4.78, 5) is 24.7. The van der Waals surface area contributed by atoms with E-state index in [0.717, 1.165) is 30.7 Å². The number of nitrogens with one attached hydrogen (secondary N) is 2. The SMILES string of the molecule is CCCCCc1nnc(NC(=O)c2ccc(NC(=O)c3ccco3)s2)s1. The summed E-state index contributed by atoms with van der Waals surface area (Å²) in [7, 11) is 0. The first-order valence-electron chi connectivity index (χ1n) is 8.24. The lowest BCUT2D eigenvalue weighted by Gasteiger charge is -1.99. The van der Waals surface area contributed by atoms with Gasteiger partial charge in [0.05, 0.1) is 16.1 Å². The summed E-state index contributed by atoms with van der Waals surface area (Å²) in [6, 6.07) is 6.54. The molecule has 0 bridgehead atoms. The van der Waals surface area contributed by atoms with Crippen LogP contribution in [0.5, 0.6) is 0 Å². The number of carbonyl (C=O) groups excluding carboxylic acids is 2. The van der Waals surface area contributed by atoms with E-state index in [1.54, 1.807) is 24.3 Å². The van der Waals surface area contributed by atoms with Crippen LogP contribution in [-0.2, 0) is 6.42 Å². The van der Waals surface area contributed by atoms with Crippen molar-refractivity contribution in [3.05, 3.63) is 46.2 Å². The van der Waals surface area contributed by atoms with Gasteiger partial charge in [-0.1, -0.05) is 31.1 Å². The van der Waals surface area contributed by atoms with Crippen molar-refractivity contribution < 1.29 is 14.0 Å². The molecule has 0 aromatic carbocycles. The summed E-state index contributed by atoms with van der Waals surface area (Å²) in [6.45, 7) is 2.15. The van der Waals surface area contributed by atoms with E-state index in [9.17, 15) is 9.59 Å². The van der Waals surface area contributed by atoms with Crippen molar-refractivity contribution in [1.82, 2.24) is 10.2 Å². The van der Waals surface area contributed by atoms with Gasteiger partial charge in [-0.2, -0.15) is 0 Å². The van der Waals surface area contributed by atoms with Gasteiger partial charge >= 0.3 is 0 Å². The Morgan fingerprint density at radius 1 is 1.08 bits per heavy atom. The van der Waals surface area contributed by atoms with Gasteiger partial charge in [0.25, 0.3) is 11.8 Å². The predicted molar refractivity (Wildman–Crippen MR) is 102 cm³/mol. The van der Waals surface area contributed by atoms with Crippen LogP contribution in [0.15, 0.2) is 34.9 Å². The van der Waals surface area contributed by atoms with Crippen molar-refractivity contribution in [2.45, 2.75) is 32.6 Å². The maximum absolute atomic E-state index is 12.3. The number of anilines is 2. The molecule has 2 amide bonds. The molecule has 9 heteroatoms. The molecule has 0 saturated heterocycles. The number of amides is 2. The van der Waals surface area contributed by atoms with E-state index in [2.05, 4.69) is 27.8 Å². The average Bonchev–Trinajstić information content (AvgIpc) is 3.37. The highest BCUT2D eigenvalue weighted by atomic mass is 32.1. The van der Waals surface area contributed by atoms with Crippen molar-refractivity contribution in [3.63, 3.8) is 0 Å². The molecule has 0 saturated carbocycles. The van der Waals surface area contributed by atoms with Crippen molar-refractivity contribution in [1.29, 1.82) is 0 Å². The third-order valence-corrected chi connectivity index (χ3v) is 5.39. The molecule has 0 atom stereocenters. The van der Waals surface area contributed by atoms with Crippen LogP contribution in [-0.4, -0.2) is 22.0 Å². The number of nitrogens with zero attached hydrogens (tertiary/aromatic N) is 2. The lowest BCUT2D eigenvalue weighted by molar-refractivity contribution is 0.0995. The van der Waals surface area contributed by atoms with Gasteiger partial charge < -0.3 is 9.73 Å². The molecule has 0 radical (unpaired) electrons. The molecule has 3 heterocycles. The summed E-state index contributed by atoms with van der Waals surface area (Å²) in [6.07, 6.45) is 5.69. The third-order valence-electron chi connectivity index (χ3n) is 3.49. The molecule has 136 valence electrons. The van der Waals surface area contributed by atoms with Gasteiger partial charge in [0, 0.05) is 6.42 Å². The molecule has 0 aliphatic rings. The summed E-state index contributed by atoms with van der Waals surface area (Å²) in [5, 5.41) is 15.5. The van der Waals surface area contributed by atoms with Gasteiger partial charge in [-0.05, 0) is 30.7 Å². The van der Waals surface area contributed by atoms with Crippen LogP contribution >= 0.6 is 22.7 Å². The van der Waals surface area contributed by atoms with Crippen LogP contribution < -0.4 is 10.6 Å². The smallest absolute Gasteiger partial charge is 0.291 e. The molecule has 0 aliphatic carbocycles. The number of unbranched alkanes of at least 4 members (excludes halogenated alkanes) is 2. The number of thiophene rings is 1. The summed E-state index contributed by atoms with van der Waals surface area (Å²) in [5.41, 5.74) is 0. The number of hydrogen-bond acceptors (Lipinski definition) is 7. The van der Waals surface area contributed by atoms with Gasteiger partial charge in [0.2, 0.25) is 5.13 Å². The first-order chi connectivity index (χ1) is 12.7. The molecule has 0 unspecified atom stereocenters. The highest BCUT2D eigenvalue weighted by Gasteiger charge is 2.15. The Labute approximate surface area is 158 Å². The second-order valence-corrected chi connectivity index (χ2v) is 7.65. The van der Waals surface area contributed by atoms with E-state index < -0.39 is 0 Å². The van der Waals surface area contributed by atoms with Crippen LogP contribution in [0.25, 0.3) is 0 Å². The highest BCUT2D eigenvalue weighted by Crippen LogP contribution is 2.25. The Morgan fingerprint density at radius 3 is 2.73 bits per heavy atom. The van der Waals surface area contributed by atoms with Gasteiger partial charge in [-0.3, -0.25) is 14.9 Å². The Hall–Kier alpha value is -2.52. The molecule has 2 N–H and O–H groups in total. The Kier molecular flexibility index (Phi) is 6.13. The summed E-state index contributed by atoms with van der Waals surface area (Å²) in [5.74, 6) is -0.414. The average molecular weight is 390 g/mol. The first-order valence-corrected chi connectivity index (χ1v) is 9.87. The van der Waals surface area contributed by atoms with Crippen molar-refractivity contribution in [2.24, 2.45) is 0 Å². The summed E-state index contributed by atoms with van der Waals surface area (Å²) >= 11 is 2.57. The minimum absolute atomic E-state index is 0.217. The standard InChI is InChI=1S/C17H18N4O3S2/c1-2-3-4-7-14-20-21-17(26-14)19-16(23)12-8-9-13(25-12)18-15(22)11-6-5-10-24-11/h5-6,8-10H,2-4,7H2,1H3,(H,18,22)(H,19,21,23). The fourth-order valence-corrected chi connectivity index (χ4v) is 3.77. The number of furan rings is 1. The molecule has 0 fully saturated rings. The van der Waals surface area contributed by atoms with Crippen LogP contribution in [0, 0.1) is 0 Å². The van der Waals surface area contributed by atoms with E-state index in [0.29, 0.717) is 15.0 Å². The Bertz CT molecular complexity index is 870. The fraction of sp³-hybridized carbons (Fsp3) is 0.294. The molecule has 0 aliphatic heterocycles. The molecular formula is C17H18N4O3S2. The van der Waals surface area contributed by atoms with E-state index in [4.69, 9.17) is 4.42 Å². The van der Waals surface area contributed by atoms with Gasteiger partial charge in [0.15, 0.2) is 5.76 Å². The Balaban J connectivity index is 1.55. The second kappa shape index (κ2) is 8.72. The molecule has 3 aromatic heterocycles. The quantitative estimate of drug-likeness (QED) is 0.555. The maximum Gasteiger partial charge on any atom is 0.291 e. The van der Waals surface area contributed by atoms with Gasteiger partial charge in [0.1, 0.15) is 5.01 Å². The topological polar surface area (TPSA) is 97.1 Å². The number of carbonyl (C=O) groups is 2. The van der Waals surface area contributed by atoms with Gasteiger partial charge in [-0.15, -0.1) is 21.5 Å². The lowest BCUT2D eigenvalue weighted by Crippen LogP contribution is -2.10. The van der Waals surface area contributed by atoms with Crippen LogP contribution in [0.1, 0.15) is 51.4 Å². The summed E-state index contributed by atoms with van der Waals surface area (Å²) < 4.78 is 5.04. The molecule has 3 aromatic rings. The zero-order valence-corrected chi connectivity index (χ0v) is 15.8. The lowest BCUT2D eigenvalue weighted by atomic mass is 10.2. The number of aromatic nitrogens is 2. The molecular weight excluding hydrogens is 372 g/mol. The number of hydrogen-bond donors (Lipinski definition) is 2. The van der Waals surface area contributed by atoms with Crippen LogP contribution in [0.3, 0.4) is 0 Å². The molecule has 0 spiro atoms. The second-order valence-electron chi connectivity index (χ2n) is 5.51. The van der Waals surface area contributed by atoms with Crippen LogP contribution in [0.2, 0.25) is 0 Å². The number of rotatable bonds is 8. The largest absolute Gasteiger partial charge is 0.459 e. The predicted octanol–water partition coefficient (Wildman–Crippen LogP) is 4.43. The van der Waals surface area contributed by atoms with Crippen molar-refractivity contribution in [2.75, 3.05) is 10.6 Å². The maximum atomic E-state index is 12.3. The van der Waals surface area contributed by atoms with Crippen LogP contribution in [0.4, 0.5) is 10.1 Å². The molecule has 3 rings (SSSR count). The van der Waals surface area contributed by atoms with E-state index in [1.165, 1.54) is 28.9 Å². The zero-order chi connectivity index (χ0) is 18.4. The fourth-order valence-electron chi connectivity index (χ4n) is 2.20. The van der Waals surface area contributed by atoms with Gasteiger partial charge in [-0.25, -0.2) is 0 Å². The Morgan fingerprint density at radius 2 is 1.96 bits per heavy atom. The third kappa shape index (κ3) is 4.77. The van der Waals surface area contributed by atoms with E-state index in [-0.39, 0.29) is 17.6 Å². The monoisotopic (exact) mass is 390 g/mol. The van der Waals surface area contributed by atoms with E-state index >= 15 is 0 Å². The van der Waals surface area contributed by atoms with Crippen molar-refractivity contribution >= 4 is 44.6 Å². The van der Waals surface area contributed by atoms with Crippen molar-refractivity contribution in [3.8, 4) is 0 Å². The normalized spacial score (nSPS) is 10.7. The zero-order valence-electron chi connectivity index (χ0n) is 14.2. The molecule has 26 heavy (non-hydrogen) atoms. The number of aryl methyl sites for hydroxylation is 1. The van der Waals surface area contributed by atoms with E-state index in [1.807, 2.05) is 0 Å². The highest BCUT2D eigenvalue weighted by molar-refractivity contribution is 7.18. The minimum Gasteiger partial charge on any atom is -0.459 e. The minimum atomic E-state index is -0.357. The molecule has 7 nitrogen and oxygen atoms in total. The first kappa shape index (κ1) is 18.3.